The molecule has 0 amide bonds. The summed E-state index contributed by atoms with van der Waals surface area (Å²) in [6.45, 7) is 6.46. The highest BCUT2D eigenvalue weighted by molar-refractivity contribution is 6.07. The van der Waals surface area contributed by atoms with Gasteiger partial charge in [0.1, 0.15) is 5.82 Å². The van der Waals surface area contributed by atoms with Crippen LogP contribution in [0, 0.1) is 5.41 Å². The Bertz CT molecular complexity index is 1380. The summed E-state index contributed by atoms with van der Waals surface area (Å²) >= 11 is 0. The van der Waals surface area contributed by atoms with Crippen LogP contribution in [-0.2, 0) is 6.42 Å². The van der Waals surface area contributed by atoms with Crippen molar-refractivity contribution < 1.29 is 14.3 Å². The second-order valence-corrected chi connectivity index (χ2v) is 9.90. The number of allylic oxidation sites excluding steroid dienone is 1. The first-order valence-corrected chi connectivity index (χ1v) is 11.9. The monoisotopic (exact) mass is 500 g/mol. The van der Waals surface area contributed by atoms with E-state index in [0.29, 0.717) is 29.0 Å². The minimum Gasteiger partial charge on any atom is -0.493 e. The summed E-state index contributed by atoms with van der Waals surface area (Å²) < 4.78 is 11.1. The van der Waals surface area contributed by atoms with Crippen LogP contribution in [-0.4, -0.2) is 41.2 Å². The lowest BCUT2D eigenvalue weighted by Crippen LogP contribution is -2.33. The van der Waals surface area contributed by atoms with E-state index in [1.54, 1.807) is 24.5 Å². The smallest absolute Gasteiger partial charge is 0.221 e. The molecule has 0 saturated heterocycles. The number of ketones is 1. The number of rotatable bonds is 7. The molecule has 192 valence electrons. The summed E-state index contributed by atoms with van der Waals surface area (Å²) in [7, 11) is 3.03. The van der Waals surface area contributed by atoms with Gasteiger partial charge in [0.2, 0.25) is 5.95 Å². The molecule has 0 fully saturated rings. The number of benzene rings is 2. The van der Waals surface area contributed by atoms with Gasteiger partial charge in [-0.2, -0.15) is 10.1 Å². The predicted molar refractivity (Wildman–Crippen MR) is 145 cm³/mol. The molecular formula is C28H32N6O3. The Labute approximate surface area is 216 Å². The number of nitrogens with zero attached hydrogens (tertiary/aromatic N) is 4. The fourth-order valence-electron chi connectivity index (χ4n) is 4.53. The molecule has 1 unspecified atom stereocenters. The summed E-state index contributed by atoms with van der Waals surface area (Å²) in [4.78, 5) is 21.5. The van der Waals surface area contributed by atoms with Gasteiger partial charge >= 0.3 is 0 Å². The normalized spacial score (nSPS) is 15.1. The molecule has 3 aromatic rings. The molecule has 1 aromatic heterocycles. The number of carbonyl (C=O) groups is 1. The van der Waals surface area contributed by atoms with Crippen LogP contribution in [0.25, 0.3) is 0 Å². The van der Waals surface area contributed by atoms with Crippen LogP contribution in [0.4, 0.5) is 11.8 Å². The fourth-order valence-corrected chi connectivity index (χ4v) is 4.53. The fraction of sp³-hybridized carbons (Fsp3) is 0.286. The Morgan fingerprint density at radius 2 is 1.89 bits per heavy atom. The Kier molecular flexibility index (Phi) is 7.15. The standard InChI is InChI=1S/C28H32N6O3/c1-28(2,3)25-20-9-7-6-8-18(20)16-32-34(25)11-10-22(35)21-13-17(14-23(36-4)24(21)37-5)12-19-15-31-27(30)33-26(19)29/h6-11,13-16,25H,12H2,1-5H3,(H4,29,30,31,33). The van der Waals surface area contributed by atoms with Crippen LogP contribution in [0.2, 0.25) is 0 Å². The minimum absolute atomic E-state index is 0.0472. The largest absolute Gasteiger partial charge is 0.493 e. The second-order valence-electron chi connectivity index (χ2n) is 9.90. The number of methoxy groups -OCH3 is 2. The average Bonchev–Trinajstić information content (AvgIpc) is 2.87. The van der Waals surface area contributed by atoms with Gasteiger partial charge in [0.15, 0.2) is 17.3 Å². The lowest BCUT2D eigenvalue weighted by molar-refractivity contribution is 0.103. The van der Waals surface area contributed by atoms with Crippen LogP contribution in [0.3, 0.4) is 0 Å². The van der Waals surface area contributed by atoms with Crippen LogP contribution >= 0.6 is 0 Å². The minimum atomic E-state index is -0.250. The van der Waals surface area contributed by atoms with Crippen molar-refractivity contribution in [2.24, 2.45) is 10.5 Å². The Hall–Kier alpha value is -4.40. The molecule has 1 aliphatic rings. The first-order valence-electron chi connectivity index (χ1n) is 11.9. The molecule has 0 radical (unpaired) electrons. The summed E-state index contributed by atoms with van der Waals surface area (Å²) in [5.41, 5.74) is 15.6. The van der Waals surface area contributed by atoms with Crippen molar-refractivity contribution in [1.82, 2.24) is 15.0 Å². The van der Waals surface area contributed by atoms with Crippen LogP contribution in [0.15, 0.2) is 60.0 Å². The summed E-state index contributed by atoms with van der Waals surface area (Å²) in [5.74, 6) is 0.921. The Balaban J connectivity index is 1.68. The van der Waals surface area contributed by atoms with Gasteiger partial charge in [-0.1, -0.05) is 45.0 Å². The van der Waals surface area contributed by atoms with E-state index >= 15 is 0 Å². The van der Waals surface area contributed by atoms with Crippen molar-refractivity contribution in [2.75, 3.05) is 25.7 Å². The molecule has 1 atom stereocenters. The number of aromatic nitrogens is 2. The van der Waals surface area contributed by atoms with E-state index in [-0.39, 0.29) is 29.0 Å². The summed E-state index contributed by atoms with van der Waals surface area (Å²) in [6, 6.07) is 11.7. The molecule has 9 nitrogen and oxygen atoms in total. The third kappa shape index (κ3) is 5.40. The van der Waals surface area contributed by atoms with Gasteiger partial charge in [0.05, 0.1) is 32.0 Å². The molecule has 0 saturated carbocycles. The van der Waals surface area contributed by atoms with Gasteiger partial charge in [-0.3, -0.25) is 9.80 Å². The molecular weight excluding hydrogens is 468 g/mol. The van der Waals surface area contributed by atoms with Crippen molar-refractivity contribution in [3.8, 4) is 11.5 Å². The molecule has 4 rings (SSSR count). The molecule has 0 aliphatic carbocycles. The maximum absolute atomic E-state index is 13.5. The number of hydrogen-bond donors (Lipinski definition) is 2. The number of fused-ring (bicyclic) bond motifs is 1. The van der Waals surface area contributed by atoms with Gasteiger partial charge < -0.3 is 20.9 Å². The van der Waals surface area contributed by atoms with E-state index in [4.69, 9.17) is 20.9 Å². The molecule has 37 heavy (non-hydrogen) atoms. The highest BCUT2D eigenvalue weighted by Gasteiger charge is 2.34. The lowest BCUT2D eigenvalue weighted by atomic mass is 9.80. The number of nitrogens with two attached hydrogens (primary N) is 2. The van der Waals surface area contributed by atoms with E-state index < -0.39 is 0 Å². The molecule has 4 N–H and O–H groups in total. The van der Waals surface area contributed by atoms with Crippen molar-refractivity contribution in [3.05, 3.63) is 82.7 Å². The topological polar surface area (TPSA) is 129 Å². The summed E-state index contributed by atoms with van der Waals surface area (Å²) in [5, 5.41) is 6.46. The van der Waals surface area contributed by atoms with Crippen molar-refractivity contribution >= 4 is 23.8 Å². The zero-order valence-electron chi connectivity index (χ0n) is 21.7. The van der Waals surface area contributed by atoms with Crippen LogP contribution < -0.4 is 20.9 Å². The molecule has 2 heterocycles. The van der Waals surface area contributed by atoms with Crippen molar-refractivity contribution in [2.45, 2.75) is 33.2 Å². The molecule has 9 heteroatoms. The average molecular weight is 501 g/mol. The van der Waals surface area contributed by atoms with Gasteiger partial charge in [-0.25, -0.2) is 4.98 Å². The number of hydrogen-bond acceptors (Lipinski definition) is 9. The second kappa shape index (κ2) is 10.3. The Morgan fingerprint density at radius 3 is 2.57 bits per heavy atom. The maximum atomic E-state index is 13.5. The van der Waals surface area contributed by atoms with E-state index in [2.05, 4.69) is 41.9 Å². The van der Waals surface area contributed by atoms with E-state index in [1.807, 2.05) is 29.4 Å². The van der Waals surface area contributed by atoms with Gasteiger partial charge in [-0.15, -0.1) is 0 Å². The highest BCUT2D eigenvalue weighted by atomic mass is 16.5. The van der Waals surface area contributed by atoms with Crippen molar-refractivity contribution in [3.63, 3.8) is 0 Å². The number of carbonyl (C=O) groups excluding carboxylic acids is 1. The number of ether oxygens (including phenoxy) is 2. The molecule has 2 aromatic carbocycles. The first kappa shape index (κ1) is 25.7. The van der Waals surface area contributed by atoms with Crippen LogP contribution in [0.5, 0.6) is 11.5 Å². The predicted octanol–water partition coefficient (Wildman–Crippen LogP) is 4.38. The molecule has 0 bridgehead atoms. The maximum Gasteiger partial charge on any atom is 0.221 e. The number of anilines is 2. The third-order valence-corrected chi connectivity index (χ3v) is 6.20. The van der Waals surface area contributed by atoms with Gasteiger partial charge in [0, 0.05) is 30.5 Å². The number of hydrazone groups is 1. The molecule has 0 spiro atoms. The Morgan fingerprint density at radius 1 is 1.14 bits per heavy atom. The zero-order valence-corrected chi connectivity index (χ0v) is 21.7. The zero-order chi connectivity index (χ0) is 26.7. The highest BCUT2D eigenvalue weighted by Crippen LogP contribution is 2.41. The molecule has 1 aliphatic heterocycles. The summed E-state index contributed by atoms with van der Waals surface area (Å²) in [6.07, 6.45) is 7.00. The van der Waals surface area contributed by atoms with E-state index in [0.717, 1.165) is 16.7 Å². The SMILES string of the molecule is COc1cc(Cc2cnc(N)nc2N)cc(C(=O)C=CN2N=Cc3ccccc3C2C(C)(C)C)c1OC. The van der Waals surface area contributed by atoms with E-state index in [9.17, 15) is 4.79 Å². The first-order chi connectivity index (χ1) is 17.6. The quantitative estimate of drug-likeness (QED) is 0.361. The van der Waals surface area contributed by atoms with Gasteiger partial charge in [-0.05, 0) is 34.2 Å². The lowest BCUT2D eigenvalue weighted by Gasteiger charge is -2.39. The van der Waals surface area contributed by atoms with Gasteiger partial charge in [0.25, 0.3) is 0 Å². The third-order valence-electron chi connectivity index (χ3n) is 6.20. The van der Waals surface area contributed by atoms with E-state index in [1.165, 1.54) is 20.3 Å². The number of nitrogen functional groups attached to an aromatic ring is 2. The van der Waals surface area contributed by atoms with Crippen molar-refractivity contribution in [1.29, 1.82) is 0 Å². The van der Waals surface area contributed by atoms with Crippen LogP contribution in [0.1, 0.15) is 59.4 Å².